The van der Waals surface area contributed by atoms with Gasteiger partial charge >= 0.3 is 6.09 Å². The molecule has 2 amide bonds. The maximum Gasteiger partial charge on any atom is 0.408 e. The van der Waals surface area contributed by atoms with E-state index in [4.69, 9.17) is 9.47 Å². The molecule has 2 N–H and O–H groups in total. The van der Waals surface area contributed by atoms with Crippen LogP contribution in [0.5, 0.6) is 0 Å². The van der Waals surface area contributed by atoms with Gasteiger partial charge in [-0.1, -0.05) is 32.9 Å². The molecular weight excluding hydrogens is 423 g/mol. The van der Waals surface area contributed by atoms with Crippen LogP contribution in [0, 0.1) is 5.92 Å². The van der Waals surface area contributed by atoms with Gasteiger partial charge in [-0.25, -0.2) is 9.18 Å². The smallest absolute Gasteiger partial charge is 0.408 e. The fourth-order valence-electron chi connectivity index (χ4n) is 3.89. The molecule has 6 nitrogen and oxygen atoms in total. The zero-order chi connectivity index (χ0) is 24.9. The number of hydrogen-bond donors (Lipinski definition) is 2. The van der Waals surface area contributed by atoms with Gasteiger partial charge in [-0.3, -0.25) is 4.79 Å². The van der Waals surface area contributed by atoms with E-state index in [1.165, 1.54) is 12.3 Å². The molecule has 0 aromatic heterocycles. The number of carbonyl (C=O) groups excluding carboxylic acids is 2. The minimum atomic E-state index is -0.544. The monoisotopic (exact) mass is 464 g/mol. The molecule has 186 valence electrons. The van der Waals surface area contributed by atoms with Crippen molar-refractivity contribution < 1.29 is 23.5 Å². The van der Waals surface area contributed by atoms with Crippen molar-refractivity contribution in [2.24, 2.45) is 5.92 Å². The molecule has 1 aliphatic heterocycles. The first kappa shape index (κ1) is 28.6. The minimum Gasteiger partial charge on any atom is -0.442 e. The van der Waals surface area contributed by atoms with E-state index in [2.05, 4.69) is 24.1 Å². The third-order valence-corrected chi connectivity index (χ3v) is 5.78. The van der Waals surface area contributed by atoms with Crippen LogP contribution in [0.4, 0.5) is 9.18 Å². The van der Waals surface area contributed by atoms with Crippen molar-refractivity contribution in [3.05, 3.63) is 49.0 Å². The first-order valence-electron chi connectivity index (χ1n) is 12.0. The molecule has 1 fully saturated rings. The van der Waals surface area contributed by atoms with Crippen LogP contribution >= 0.6 is 0 Å². The van der Waals surface area contributed by atoms with Crippen LogP contribution in [0.2, 0.25) is 0 Å². The Labute approximate surface area is 198 Å². The topological polar surface area (TPSA) is 76.7 Å². The summed E-state index contributed by atoms with van der Waals surface area (Å²) in [5.74, 6) is -0.0563. The Balaban J connectivity index is 0.00000265. The van der Waals surface area contributed by atoms with Gasteiger partial charge in [0.15, 0.2) is 0 Å². The standard InChI is InChI=1S/C24H35FN2O4.C2H6/c1-5-17(3)27-23(29)30-18(4)12-14-26-22(28)15-21-11-13-24(6-2,31-21)16-19-7-9-20(25)10-8-19;1-2/h5,7,9-10,12,14,17-19,21H,1,6,8,11,13,15-16H2,2-4H3,(H,26,28)(H,27,29);1-2H3/b14-12+;. The van der Waals surface area contributed by atoms with Gasteiger partial charge < -0.3 is 20.1 Å². The second kappa shape index (κ2) is 14.7. The summed E-state index contributed by atoms with van der Waals surface area (Å²) in [7, 11) is 0. The van der Waals surface area contributed by atoms with Crippen molar-refractivity contribution in [2.75, 3.05) is 0 Å². The van der Waals surface area contributed by atoms with E-state index in [0.29, 0.717) is 6.42 Å². The molecule has 0 aromatic rings. The van der Waals surface area contributed by atoms with E-state index >= 15 is 0 Å². The molecule has 0 saturated carbocycles. The number of allylic oxidation sites excluding steroid dienone is 4. The molecule has 1 aliphatic carbocycles. The van der Waals surface area contributed by atoms with Crippen molar-refractivity contribution in [2.45, 2.75) is 97.0 Å². The summed E-state index contributed by atoms with van der Waals surface area (Å²) in [5.41, 5.74) is -0.254. The molecule has 0 spiro atoms. The van der Waals surface area contributed by atoms with Crippen LogP contribution in [-0.2, 0) is 14.3 Å². The highest BCUT2D eigenvalue weighted by Crippen LogP contribution is 2.41. The molecule has 5 atom stereocenters. The lowest BCUT2D eigenvalue weighted by molar-refractivity contribution is -0.125. The number of carbonyl (C=O) groups is 2. The number of amides is 2. The van der Waals surface area contributed by atoms with E-state index in [9.17, 15) is 14.0 Å². The van der Waals surface area contributed by atoms with Crippen LogP contribution in [0.25, 0.3) is 0 Å². The van der Waals surface area contributed by atoms with Gasteiger partial charge in [0.05, 0.1) is 18.1 Å². The zero-order valence-corrected chi connectivity index (χ0v) is 20.7. The van der Waals surface area contributed by atoms with E-state index < -0.39 is 12.2 Å². The first-order valence-corrected chi connectivity index (χ1v) is 12.0. The molecule has 33 heavy (non-hydrogen) atoms. The van der Waals surface area contributed by atoms with Gasteiger partial charge in [-0.15, -0.1) is 6.58 Å². The number of alkyl carbamates (subject to hydrolysis) is 1. The van der Waals surface area contributed by atoms with E-state index in [0.717, 1.165) is 25.7 Å². The van der Waals surface area contributed by atoms with Gasteiger partial charge in [-0.05, 0) is 70.1 Å². The van der Waals surface area contributed by atoms with Crippen molar-refractivity contribution in [3.8, 4) is 0 Å². The maximum absolute atomic E-state index is 13.2. The lowest BCUT2D eigenvalue weighted by Crippen LogP contribution is -2.33. The number of rotatable bonds is 10. The normalized spacial score (nSPS) is 25.9. The highest BCUT2D eigenvalue weighted by Gasteiger charge is 2.40. The van der Waals surface area contributed by atoms with Crippen LogP contribution < -0.4 is 10.6 Å². The molecule has 0 bridgehead atoms. The van der Waals surface area contributed by atoms with Crippen molar-refractivity contribution in [1.29, 1.82) is 0 Å². The Morgan fingerprint density at radius 1 is 1.39 bits per heavy atom. The molecule has 0 aromatic carbocycles. The highest BCUT2D eigenvalue weighted by molar-refractivity contribution is 5.77. The summed E-state index contributed by atoms with van der Waals surface area (Å²) in [4.78, 5) is 23.9. The van der Waals surface area contributed by atoms with Gasteiger partial charge in [0.2, 0.25) is 5.91 Å². The number of hydrogen-bond acceptors (Lipinski definition) is 4. The average molecular weight is 465 g/mol. The third kappa shape index (κ3) is 10.4. The van der Waals surface area contributed by atoms with Gasteiger partial charge in [0.1, 0.15) is 11.9 Å². The zero-order valence-electron chi connectivity index (χ0n) is 20.7. The lowest BCUT2D eigenvalue weighted by atomic mass is 9.83. The first-order chi connectivity index (χ1) is 15.7. The largest absolute Gasteiger partial charge is 0.442 e. The number of nitrogens with one attached hydrogen (secondary N) is 2. The molecule has 7 heteroatoms. The quantitative estimate of drug-likeness (QED) is 0.397. The van der Waals surface area contributed by atoms with E-state index in [1.54, 1.807) is 32.1 Å². The van der Waals surface area contributed by atoms with Crippen molar-refractivity contribution >= 4 is 12.0 Å². The Kier molecular flexibility index (Phi) is 12.7. The SMILES string of the molecule is C=CC(C)NC(=O)OC(C)/C=C/NC(=O)CC1CCC(CC)(CC2C=CC(F)=CC2)O1.CC. The summed E-state index contributed by atoms with van der Waals surface area (Å²) >= 11 is 0. The number of ether oxygens (including phenoxy) is 2. The lowest BCUT2D eigenvalue weighted by Gasteiger charge is -2.32. The molecule has 2 rings (SSSR count). The summed E-state index contributed by atoms with van der Waals surface area (Å²) in [6, 6.07) is -0.184. The molecule has 1 heterocycles. The summed E-state index contributed by atoms with van der Waals surface area (Å²) in [5, 5.41) is 5.32. The van der Waals surface area contributed by atoms with Crippen LogP contribution in [0.1, 0.15) is 73.1 Å². The molecule has 5 unspecified atom stereocenters. The van der Waals surface area contributed by atoms with Gasteiger partial charge in [0, 0.05) is 12.2 Å². The fourth-order valence-corrected chi connectivity index (χ4v) is 3.89. The van der Waals surface area contributed by atoms with E-state index in [1.807, 2.05) is 19.9 Å². The third-order valence-electron chi connectivity index (χ3n) is 5.78. The maximum atomic E-state index is 13.2. The van der Waals surface area contributed by atoms with Crippen molar-refractivity contribution in [1.82, 2.24) is 10.6 Å². The molecular formula is C26H41FN2O4. The minimum absolute atomic E-state index is 0.131. The summed E-state index contributed by atoms with van der Waals surface area (Å²) in [6.07, 6.45) is 13.0. The van der Waals surface area contributed by atoms with E-state index in [-0.39, 0.29) is 41.8 Å². The van der Waals surface area contributed by atoms with Crippen LogP contribution in [0.3, 0.4) is 0 Å². The van der Waals surface area contributed by atoms with Gasteiger partial charge in [0.25, 0.3) is 0 Å². The second-order valence-corrected chi connectivity index (χ2v) is 8.37. The Morgan fingerprint density at radius 2 is 2.12 bits per heavy atom. The summed E-state index contributed by atoms with van der Waals surface area (Å²) in [6.45, 7) is 13.2. The molecule has 0 radical (unpaired) electrons. The number of halogens is 1. The molecule has 2 aliphatic rings. The Morgan fingerprint density at radius 3 is 2.73 bits per heavy atom. The predicted molar refractivity (Wildman–Crippen MR) is 130 cm³/mol. The predicted octanol–water partition coefficient (Wildman–Crippen LogP) is 5.87. The highest BCUT2D eigenvalue weighted by atomic mass is 19.1. The van der Waals surface area contributed by atoms with Gasteiger partial charge in [-0.2, -0.15) is 0 Å². The molecule has 1 saturated heterocycles. The van der Waals surface area contributed by atoms with Crippen LogP contribution in [0.15, 0.2) is 49.0 Å². The summed E-state index contributed by atoms with van der Waals surface area (Å²) < 4.78 is 24.7. The Bertz CT molecular complexity index is 734. The average Bonchev–Trinajstić information content (AvgIpc) is 3.19. The fraction of sp³-hybridized carbons (Fsp3) is 0.615. The Hall–Kier alpha value is -2.41. The van der Waals surface area contributed by atoms with Crippen LogP contribution in [-0.4, -0.2) is 35.9 Å². The second-order valence-electron chi connectivity index (χ2n) is 8.37. The van der Waals surface area contributed by atoms with Crippen molar-refractivity contribution in [3.63, 3.8) is 0 Å².